The standard InChI is InChI=1S/C8H4BrClF2O/c9-8(11,12)7(13)5-3-1-2-4-6(5)10/h1-4H. The Morgan fingerprint density at radius 2 is 1.92 bits per heavy atom. The predicted molar refractivity (Wildman–Crippen MR) is 49.7 cm³/mol. The maximum Gasteiger partial charge on any atom is 0.363 e. The summed E-state index contributed by atoms with van der Waals surface area (Å²) in [6.07, 6.45) is 0. The second kappa shape index (κ2) is 3.72. The molecule has 0 aliphatic rings. The summed E-state index contributed by atoms with van der Waals surface area (Å²) in [6, 6.07) is 5.66. The van der Waals surface area contributed by atoms with Crippen molar-refractivity contribution < 1.29 is 13.6 Å². The molecule has 0 saturated heterocycles. The largest absolute Gasteiger partial charge is 0.363 e. The van der Waals surface area contributed by atoms with Gasteiger partial charge in [-0.15, -0.1) is 0 Å². The van der Waals surface area contributed by atoms with E-state index in [2.05, 4.69) is 0 Å². The lowest BCUT2D eigenvalue weighted by Crippen LogP contribution is -2.20. The van der Waals surface area contributed by atoms with E-state index in [1.54, 1.807) is 6.07 Å². The third kappa shape index (κ3) is 2.48. The third-order valence-electron chi connectivity index (χ3n) is 1.38. The van der Waals surface area contributed by atoms with Crippen molar-refractivity contribution in [3.05, 3.63) is 34.9 Å². The molecule has 0 fully saturated rings. The van der Waals surface area contributed by atoms with E-state index >= 15 is 0 Å². The quantitative estimate of drug-likeness (QED) is 0.593. The topological polar surface area (TPSA) is 17.1 Å². The lowest BCUT2D eigenvalue weighted by atomic mass is 10.1. The normalized spacial score (nSPS) is 11.4. The zero-order valence-electron chi connectivity index (χ0n) is 6.23. The van der Waals surface area contributed by atoms with Crippen LogP contribution in [0, 0.1) is 0 Å². The number of ketones is 1. The summed E-state index contributed by atoms with van der Waals surface area (Å²) < 4.78 is 25.0. The van der Waals surface area contributed by atoms with Crippen LogP contribution in [0.5, 0.6) is 0 Å². The van der Waals surface area contributed by atoms with E-state index in [0.29, 0.717) is 0 Å². The highest BCUT2D eigenvalue weighted by molar-refractivity contribution is 9.10. The fourth-order valence-corrected chi connectivity index (χ4v) is 1.23. The molecule has 0 saturated carbocycles. The van der Waals surface area contributed by atoms with Crippen LogP contribution in [0.1, 0.15) is 10.4 Å². The zero-order valence-corrected chi connectivity index (χ0v) is 8.57. The van der Waals surface area contributed by atoms with Gasteiger partial charge in [-0.1, -0.05) is 23.7 Å². The summed E-state index contributed by atoms with van der Waals surface area (Å²) in [7, 11) is 0. The van der Waals surface area contributed by atoms with Gasteiger partial charge in [-0.05, 0) is 28.1 Å². The van der Waals surface area contributed by atoms with E-state index < -0.39 is 10.6 Å². The van der Waals surface area contributed by atoms with Crippen molar-refractivity contribution in [3.8, 4) is 0 Å². The van der Waals surface area contributed by atoms with Crippen LogP contribution in [0.15, 0.2) is 24.3 Å². The Labute approximate surface area is 86.8 Å². The van der Waals surface area contributed by atoms with Crippen LogP contribution >= 0.6 is 27.5 Å². The van der Waals surface area contributed by atoms with Gasteiger partial charge in [-0.2, -0.15) is 8.78 Å². The summed E-state index contributed by atoms with van der Waals surface area (Å²) in [6.45, 7) is 0. The first-order valence-corrected chi connectivity index (χ1v) is 4.46. The Bertz CT molecular complexity index is 335. The Hall–Kier alpha value is -0.480. The molecule has 1 aromatic carbocycles. The maximum absolute atomic E-state index is 12.5. The molecule has 0 aliphatic carbocycles. The van der Waals surface area contributed by atoms with E-state index in [1.165, 1.54) is 18.2 Å². The number of hydrogen-bond acceptors (Lipinski definition) is 1. The summed E-state index contributed by atoms with van der Waals surface area (Å²) >= 11 is 7.52. The van der Waals surface area contributed by atoms with Gasteiger partial charge in [0.05, 0.1) is 5.02 Å². The lowest BCUT2D eigenvalue weighted by molar-refractivity contribution is 0.0593. The molecule has 0 N–H and O–H groups in total. The first-order valence-electron chi connectivity index (χ1n) is 3.29. The Kier molecular flexibility index (Phi) is 3.03. The average molecular weight is 269 g/mol. The molecule has 0 amide bonds. The second-order valence-corrected chi connectivity index (χ2v) is 3.71. The fourth-order valence-electron chi connectivity index (χ4n) is 0.798. The third-order valence-corrected chi connectivity index (χ3v) is 2.07. The van der Waals surface area contributed by atoms with Crippen molar-refractivity contribution >= 4 is 33.3 Å². The van der Waals surface area contributed by atoms with E-state index in [-0.39, 0.29) is 10.6 Å². The number of benzene rings is 1. The average Bonchev–Trinajstić information content (AvgIpc) is 2.02. The molecule has 0 heterocycles. The van der Waals surface area contributed by atoms with Gasteiger partial charge in [0.1, 0.15) is 0 Å². The minimum atomic E-state index is -3.56. The molecule has 1 rings (SSSR count). The van der Waals surface area contributed by atoms with Gasteiger partial charge >= 0.3 is 4.83 Å². The SMILES string of the molecule is O=C(c1ccccc1Cl)C(F)(F)Br. The fraction of sp³-hybridized carbons (Fsp3) is 0.125. The first kappa shape index (κ1) is 10.6. The highest BCUT2D eigenvalue weighted by Crippen LogP contribution is 2.29. The van der Waals surface area contributed by atoms with Gasteiger partial charge < -0.3 is 0 Å². The predicted octanol–water partition coefficient (Wildman–Crippen LogP) is 3.51. The van der Waals surface area contributed by atoms with E-state index in [4.69, 9.17) is 11.6 Å². The van der Waals surface area contributed by atoms with Crippen molar-refractivity contribution in [3.63, 3.8) is 0 Å². The minimum absolute atomic E-state index is 0.0200. The first-order chi connectivity index (χ1) is 5.93. The van der Waals surface area contributed by atoms with E-state index in [9.17, 15) is 13.6 Å². The smallest absolute Gasteiger partial charge is 0.286 e. The molecule has 1 aromatic rings. The molecule has 0 aromatic heterocycles. The molecular weight excluding hydrogens is 265 g/mol. The van der Waals surface area contributed by atoms with Crippen LogP contribution in [0.4, 0.5) is 8.78 Å². The molecule has 0 aliphatic heterocycles. The van der Waals surface area contributed by atoms with Gasteiger partial charge in [0, 0.05) is 5.56 Å². The van der Waals surface area contributed by atoms with Gasteiger partial charge in [0.15, 0.2) is 0 Å². The number of Topliss-reactive ketones (excluding diaryl/α,β-unsaturated/α-hetero) is 1. The van der Waals surface area contributed by atoms with Gasteiger partial charge in [0.2, 0.25) is 5.78 Å². The highest BCUT2D eigenvalue weighted by Gasteiger charge is 2.36. The van der Waals surface area contributed by atoms with Gasteiger partial charge in [0.25, 0.3) is 0 Å². The van der Waals surface area contributed by atoms with Crippen molar-refractivity contribution in [1.29, 1.82) is 0 Å². The minimum Gasteiger partial charge on any atom is -0.286 e. The number of halogens is 4. The molecule has 0 unspecified atom stereocenters. The van der Waals surface area contributed by atoms with Crippen molar-refractivity contribution in [2.75, 3.05) is 0 Å². The summed E-state index contributed by atoms with van der Waals surface area (Å²) in [5.41, 5.74) is -0.189. The van der Waals surface area contributed by atoms with E-state index in [1.807, 2.05) is 15.9 Å². The number of rotatable bonds is 2. The summed E-state index contributed by atoms with van der Waals surface area (Å²) in [4.78, 5) is 7.45. The molecule has 0 radical (unpaired) electrons. The highest BCUT2D eigenvalue weighted by atomic mass is 79.9. The number of carbonyl (C=O) groups is 1. The van der Waals surface area contributed by atoms with Crippen molar-refractivity contribution in [2.24, 2.45) is 0 Å². The monoisotopic (exact) mass is 268 g/mol. The number of alkyl halides is 3. The van der Waals surface area contributed by atoms with Crippen LogP contribution in [0.3, 0.4) is 0 Å². The molecular formula is C8H4BrClF2O. The molecule has 13 heavy (non-hydrogen) atoms. The van der Waals surface area contributed by atoms with Crippen LogP contribution in [-0.4, -0.2) is 10.6 Å². The van der Waals surface area contributed by atoms with Crippen LogP contribution in [-0.2, 0) is 0 Å². The second-order valence-electron chi connectivity index (χ2n) is 2.31. The molecule has 0 bridgehead atoms. The van der Waals surface area contributed by atoms with Crippen molar-refractivity contribution in [2.45, 2.75) is 4.83 Å². The molecule has 70 valence electrons. The molecule has 5 heteroatoms. The molecule has 0 atom stereocenters. The Balaban J connectivity index is 3.10. The van der Waals surface area contributed by atoms with Crippen LogP contribution in [0.2, 0.25) is 5.02 Å². The zero-order chi connectivity index (χ0) is 10.1. The van der Waals surface area contributed by atoms with Gasteiger partial charge in [-0.3, -0.25) is 4.79 Å². The van der Waals surface area contributed by atoms with Crippen LogP contribution in [0.25, 0.3) is 0 Å². The van der Waals surface area contributed by atoms with Crippen molar-refractivity contribution in [1.82, 2.24) is 0 Å². The Morgan fingerprint density at radius 1 is 1.38 bits per heavy atom. The summed E-state index contributed by atoms with van der Waals surface area (Å²) in [5, 5.41) is 0.0200. The van der Waals surface area contributed by atoms with E-state index in [0.717, 1.165) is 0 Å². The summed E-state index contributed by atoms with van der Waals surface area (Å²) in [5.74, 6) is -1.34. The number of carbonyl (C=O) groups excluding carboxylic acids is 1. The molecule has 0 spiro atoms. The number of hydrogen-bond donors (Lipinski definition) is 0. The van der Waals surface area contributed by atoms with Crippen LogP contribution < -0.4 is 0 Å². The van der Waals surface area contributed by atoms with Gasteiger partial charge in [-0.25, -0.2) is 0 Å². The molecule has 1 nitrogen and oxygen atoms in total. The maximum atomic E-state index is 12.5. The lowest BCUT2D eigenvalue weighted by Gasteiger charge is -2.07. The Morgan fingerprint density at radius 3 is 2.38 bits per heavy atom.